The third-order valence-corrected chi connectivity index (χ3v) is 2.00. The van der Waals surface area contributed by atoms with Crippen LogP contribution in [0.25, 0.3) is 0 Å². The standard InChI is InChI=1S/C7H14N2O/c1-3-7(10)9(2)6-4-8-5-6/h6,8H,3-5H2,1-2H3. The highest BCUT2D eigenvalue weighted by atomic mass is 16.2. The summed E-state index contributed by atoms with van der Waals surface area (Å²) in [7, 11) is 1.87. The Morgan fingerprint density at radius 2 is 2.30 bits per heavy atom. The molecule has 1 N–H and O–H groups in total. The minimum absolute atomic E-state index is 0.242. The van der Waals surface area contributed by atoms with Crippen molar-refractivity contribution < 1.29 is 4.79 Å². The van der Waals surface area contributed by atoms with Gasteiger partial charge in [0.05, 0.1) is 6.04 Å². The molecule has 1 aliphatic rings. The second kappa shape index (κ2) is 3.01. The third-order valence-electron chi connectivity index (χ3n) is 2.00. The first-order chi connectivity index (χ1) is 4.75. The summed E-state index contributed by atoms with van der Waals surface area (Å²) in [5, 5.41) is 3.13. The minimum atomic E-state index is 0.242. The summed E-state index contributed by atoms with van der Waals surface area (Å²) >= 11 is 0. The van der Waals surface area contributed by atoms with Crippen LogP contribution in [-0.4, -0.2) is 37.0 Å². The van der Waals surface area contributed by atoms with Crippen molar-refractivity contribution in [2.45, 2.75) is 19.4 Å². The molecule has 3 heteroatoms. The molecule has 0 atom stereocenters. The maximum absolute atomic E-state index is 11.0. The molecule has 0 spiro atoms. The van der Waals surface area contributed by atoms with Gasteiger partial charge in [0.2, 0.25) is 5.91 Å². The number of hydrogen-bond acceptors (Lipinski definition) is 2. The van der Waals surface area contributed by atoms with E-state index in [9.17, 15) is 4.79 Å². The smallest absolute Gasteiger partial charge is 0.222 e. The van der Waals surface area contributed by atoms with Gasteiger partial charge in [-0.25, -0.2) is 0 Å². The molecule has 1 saturated heterocycles. The molecule has 10 heavy (non-hydrogen) atoms. The van der Waals surface area contributed by atoms with E-state index in [1.54, 1.807) is 0 Å². The summed E-state index contributed by atoms with van der Waals surface area (Å²) in [6, 6.07) is 0.451. The second-order valence-electron chi connectivity index (χ2n) is 2.67. The number of carbonyl (C=O) groups is 1. The van der Waals surface area contributed by atoms with Gasteiger partial charge in [-0.1, -0.05) is 6.92 Å². The molecule has 0 aromatic heterocycles. The fraction of sp³-hybridized carbons (Fsp3) is 0.857. The topological polar surface area (TPSA) is 32.3 Å². The lowest BCUT2D eigenvalue weighted by molar-refractivity contribution is -0.132. The molecular weight excluding hydrogens is 128 g/mol. The number of nitrogens with one attached hydrogen (secondary N) is 1. The van der Waals surface area contributed by atoms with E-state index in [2.05, 4.69) is 5.32 Å². The number of amides is 1. The molecule has 0 bridgehead atoms. The van der Waals surface area contributed by atoms with Gasteiger partial charge in [-0.15, -0.1) is 0 Å². The van der Waals surface area contributed by atoms with Gasteiger partial charge >= 0.3 is 0 Å². The van der Waals surface area contributed by atoms with E-state index < -0.39 is 0 Å². The Morgan fingerprint density at radius 1 is 1.70 bits per heavy atom. The lowest BCUT2D eigenvalue weighted by Crippen LogP contribution is -2.57. The molecule has 1 amide bonds. The summed E-state index contributed by atoms with van der Waals surface area (Å²) in [4.78, 5) is 12.9. The van der Waals surface area contributed by atoms with Gasteiger partial charge in [0.25, 0.3) is 0 Å². The Morgan fingerprint density at radius 3 is 2.60 bits per heavy atom. The van der Waals surface area contributed by atoms with Crippen molar-refractivity contribution in [1.29, 1.82) is 0 Å². The van der Waals surface area contributed by atoms with Crippen molar-refractivity contribution in [1.82, 2.24) is 10.2 Å². The van der Waals surface area contributed by atoms with E-state index in [4.69, 9.17) is 0 Å². The van der Waals surface area contributed by atoms with Crippen molar-refractivity contribution >= 4 is 5.91 Å². The highest BCUT2D eigenvalue weighted by Gasteiger charge is 2.23. The van der Waals surface area contributed by atoms with Crippen molar-refractivity contribution in [3.05, 3.63) is 0 Å². The van der Waals surface area contributed by atoms with Crippen LogP contribution in [0.4, 0.5) is 0 Å². The maximum atomic E-state index is 11.0. The van der Waals surface area contributed by atoms with Gasteiger partial charge in [-0.2, -0.15) is 0 Å². The van der Waals surface area contributed by atoms with Gasteiger partial charge < -0.3 is 10.2 Å². The molecule has 0 radical (unpaired) electrons. The van der Waals surface area contributed by atoms with Crippen LogP contribution in [0.3, 0.4) is 0 Å². The summed E-state index contributed by atoms with van der Waals surface area (Å²) < 4.78 is 0. The molecule has 3 nitrogen and oxygen atoms in total. The van der Waals surface area contributed by atoms with Crippen LogP contribution >= 0.6 is 0 Å². The zero-order valence-electron chi connectivity index (χ0n) is 6.55. The average Bonchev–Trinajstić information content (AvgIpc) is 1.82. The number of likely N-dealkylation sites (N-methyl/N-ethyl adjacent to an activating group) is 1. The number of rotatable bonds is 2. The van der Waals surface area contributed by atoms with Crippen LogP contribution in [0.2, 0.25) is 0 Å². The van der Waals surface area contributed by atoms with Crippen LogP contribution in [-0.2, 0) is 4.79 Å². The lowest BCUT2D eigenvalue weighted by Gasteiger charge is -2.35. The lowest BCUT2D eigenvalue weighted by atomic mass is 10.1. The second-order valence-corrected chi connectivity index (χ2v) is 2.67. The Bertz CT molecular complexity index is 132. The van der Waals surface area contributed by atoms with E-state index >= 15 is 0 Å². The van der Waals surface area contributed by atoms with Crippen LogP contribution in [0.15, 0.2) is 0 Å². The molecule has 1 rings (SSSR count). The number of carbonyl (C=O) groups excluding carboxylic acids is 1. The summed E-state index contributed by atoms with van der Waals surface area (Å²) in [5.41, 5.74) is 0. The van der Waals surface area contributed by atoms with Crippen LogP contribution < -0.4 is 5.32 Å². The molecule has 0 aromatic carbocycles. The van der Waals surface area contributed by atoms with Gasteiger partial charge in [0, 0.05) is 26.6 Å². The quantitative estimate of drug-likeness (QED) is 0.580. The van der Waals surface area contributed by atoms with Gasteiger partial charge in [0.1, 0.15) is 0 Å². The van der Waals surface area contributed by atoms with Crippen LogP contribution in [0, 0.1) is 0 Å². The van der Waals surface area contributed by atoms with E-state index in [0.717, 1.165) is 13.1 Å². The highest BCUT2D eigenvalue weighted by molar-refractivity contribution is 5.76. The largest absolute Gasteiger partial charge is 0.340 e. The fourth-order valence-corrected chi connectivity index (χ4v) is 1.00. The number of hydrogen-bond donors (Lipinski definition) is 1. The van der Waals surface area contributed by atoms with E-state index in [1.807, 2.05) is 18.9 Å². The average molecular weight is 142 g/mol. The van der Waals surface area contributed by atoms with Crippen LogP contribution in [0.5, 0.6) is 0 Å². The molecule has 1 heterocycles. The molecular formula is C7H14N2O. The first-order valence-electron chi connectivity index (χ1n) is 3.72. The predicted octanol–water partition coefficient (Wildman–Crippen LogP) is -0.173. The highest BCUT2D eigenvalue weighted by Crippen LogP contribution is 2.02. The van der Waals surface area contributed by atoms with E-state index in [0.29, 0.717) is 12.5 Å². The first-order valence-corrected chi connectivity index (χ1v) is 3.72. The SMILES string of the molecule is CCC(=O)N(C)C1CNC1. The zero-order chi connectivity index (χ0) is 7.56. The zero-order valence-corrected chi connectivity index (χ0v) is 6.55. The molecule has 58 valence electrons. The number of nitrogens with zero attached hydrogens (tertiary/aromatic N) is 1. The summed E-state index contributed by atoms with van der Waals surface area (Å²) in [5.74, 6) is 0.242. The van der Waals surface area contributed by atoms with Gasteiger partial charge in [-0.3, -0.25) is 4.79 Å². The molecule has 1 aliphatic heterocycles. The van der Waals surface area contributed by atoms with Crippen LogP contribution in [0.1, 0.15) is 13.3 Å². The Balaban J connectivity index is 2.31. The van der Waals surface area contributed by atoms with Gasteiger partial charge in [-0.05, 0) is 0 Å². The first kappa shape index (κ1) is 7.54. The Hall–Kier alpha value is -0.570. The van der Waals surface area contributed by atoms with Crippen molar-refractivity contribution in [2.24, 2.45) is 0 Å². The minimum Gasteiger partial charge on any atom is -0.340 e. The van der Waals surface area contributed by atoms with E-state index in [1.165, 1.54) is 0 Å². The van der Waals surface area contributed by atoms with Crippen molar-refractivity contribution in [3.8, 4) is 0 Å². The fourth-order valence-electron chi connectivity index (χ4n) is 1.00. The molecule has 0 saturated carbocycles. The predicted molar refractivity (Wildman–Crippen MR) is 39.7 cm³/mol. The Kier molecular flexibility index (Phi) is 2.27. The third kappa shape index (κ3) is 1.29. The molecule has 0 unspecified atom stereocenters. The monoisotopic (exact) mass is 142 g/mol. The summed E-state index contributed by atoms with van der Waals surface area (Å²) in [6.45, 7) is 3.81. The van der Waals surface area contributed by atoms with E-state index in [-0.39, 0.29) is 5.91 Å². The molecule has 1 fully saturated rings. The van der Waals surface area contributed by atoms with Crippen molar-refractivity contribution in [3.63, 3.8) is 0 Å². The Labute approximate surface area is 61.4 Å². The summed E-state index contributed by atoms with van der Waals surface area (Å²) in [6.07, 6.45) is 0.618. The van der Waals surface area contributed by atoms with Crippen molar-refractivity contribution in [2.75, 3.05) is 20.1 Å². The maximum Gasteiger partial charge on any atom is 0.222 e. The normalized spacial score (nSPS) is 18.2. The molecule has 0 aromatic rings. The molecule has 0 aliphatic carbocycles. The van der Waals surface area contributed by atoms with Gasteiger partial charge in [0.15, 0.2) is 0 Å².